The van der Waals surface area contributed by atoms with Crippen molar-refractivity contribution >= 4 is 41.9 Å². The van der Waals surface area contributed by atoms with Gasteiger partial charge in [0.1, 0.15) is 12.1 Å². The molecule has 0 aromatic heterocycles. The van der Waals surface area contributed by atoms with Gasteiger partial charge in [-0.2, -0.15) is 0 Å². The first-order chi connectivity index (χ1) is 12.6. The molecule has 1 fully saturated rings. The van der Waals surface area contributed by atoms with Crippen molar-refractivity contribution in [1.29, 1.82) is 0 Å². The van der Waals surface area contributed by atoms with E-state index in [0.29, 0.717) is 19.0 Å². The van der Waals surface area contributed by atoms with Crippen molar-refractivity contribution in [2.24, 2.45) is 4.99 Å². The van der Waals surface area contributed by atoms with Gasteiger partial charge in [0, 0.05) is 34.3 Å². The fourth-order valence-electron chi connectivity index (χ4n) is 2.49. The number of ether oxygens (including phenoxy) is 2. The van der Waals surface area contributed by atoms with Gasteiger partial charge in [-0.1, -0.05) is 6.92 Å². The minimum absolute atomic E-state index is 0. The van der Waals surface area contributed by atoms with Gasteiger partial charge < -0.3 is 29.9 Å². The SMILES string of the molecule is CCCNC(=NCC(=O)N(C)C)NC1CN(C(=O)OC(C)(C)C)C[C@@H]1OC.I. The summed E-state index contributed by atoms with van der Waals surface area (Å²) in [6.45, 7) is 9.20. The molecule has 2 amide bonds. The molecule has 9 nitrogen and oxygen atoms in total. The molecule has 10 heteroatoms. The van der Waals surface area contributed by atoms with Gasteiger partial charge in [0.05, 0.1) is 18.7 Å². The molecular formula is C18H36IN5O4. The largest absolute Gasteiger partial charge is 0.444 e. The number of methoxy groups -OCH3 is 1. The van der Waals surface area contributed by atoms with E-state index in [2.05, 4.69) is 15.6 Å². The van der Waals surface area contributed by atoms with Crippen molar-refractivity contribution in [3.05, 3.63) is 0 Å². The van der Waals surface area contributed by atoms with Gasteiger partial charge in [0.15, 0.2) is 5.96 Å². The van der Waals surface area contributed by atoms with Crippen LogP contribution in [0.2, 0.25) is 0 Å². The van der Waals surface area contributed by atoms with Gasteiger partial charge in [-0.3, -0.25) is 4.79 Å². The van der Waals surface area contributed by atoms with Crippen molar-refractivity contribution < 1.29 is 19.1 Å². The molecule has 0 aromatic carbocycles. The molecule has 1 saturated heterocycles. The maximum Gasteiger partial charge on any atom is 0.410 e. The van der Waals surface area contributed by atoms with Gasteiger partial charge in [0.25, 0.3) is 0 Å². The van der Waals surface area contributed by atoms with Crippen LogP contribution >= 0.6 is 24.0 Å². The summed E-state index contributed by atoms with van der Waals surface area (Å²) in [6, 6.07) is -0.153. The summed E-state index contributed by atoms with van der Waals surface area (Å²) in [5.41, 5.74) is -0.549. The van der Waals surface area contributed by atoms with E-state index < -0.39 is 5.60 Å². The first kappa shape index (κ1) is 26.7. The molecule has 0 radical (unpaired) electrons. The van der Waals surface area contributed by atoms with Gasteiger partial charge >= 0.3 is 6.09 Å². The van der Waals surface area contributed by atoms with Gasteiger partial charge in [0.2, 0.25) is 5.91 Å². The molecule has 1 aliphatic heterocycles. The summed E-state index contributed by atoms with van der Waals surface area (Å²) >= 11 is 0. The maximum atomic E-state index is 12.3. The van der Waals surface area contributed by atoms with Crippen LogP contribution in [0.5, 0.6) is 0 Å². The molecule has 0 bridgehead atoms. The number of hydrogen-bond acceptors (Lipinski definition) is 5. The van der Waals surface area contributed by atoms with Crippen LogP contribution in [0, 0.1) is 0 Å². The Labute approximate surface area is 185 Å². The lowest BCUT2D eigenvalue weighted by Crippen LogP contribution is -2.49. The van der Waals surface area contributed by atoms with Crippen molar-refractivity contribution in [1.82, 2.24) is 20.4 Å². The Hall–Kier alpha value is -1.30. The van der Waals surface area contributed by atoms with Gasteiger partial charge in [-0.15, -0.1) is 24.0 Å². The molecule has 164 valence electrons. The summed E-state index contributed by atoms with van der Waals surface area (Å²) < 4.78 is 11.0. The number of likely N-dealkylation sites (N-methyl/N-ethyl adjacent to an activating group) is 1. The number of nitrogens with one attached hydrogen (secondary N) is 2. The second kappa shape index (κ2) is 12.3. The summed E-state index contributed by atoms with van der Waals surface area (Å²) in [5.74, 6) is 0.447. The predicted molar refractivity (Wildman–Crippen MR) is 120 cm³/mol. The average Bonchev–Trinajstić information content (AvgIpc) is 2.98. The van der Waals surface area contributed by atoms with Crippen LogP contribution in [0.15, 0.2) is 4.99 Å². The number of amides is 2. The summed E-state index contributed by atoms with van der Waals surface area (Å²) in [7, 11) is 5.01. The zero-order valence-corrected chi connectivity index (χ0v) is 20.4. The number of aliphatic imine (C=N–C) groups is 1. The highest BCUT2D eigenvalue weighted by Gasteiger charge is 2.37. The third-order valence-corrected chi connectivity index (χ3v) is 3.96. The van der Waals surface area contributed by atoms with E-state index in [1.807, 2.05) is 27.7 Å². The zero-order chi connectivity index (χ0) is 20.6. The fourth-order valence-corrected chi connectivity index (χ4v) is 2.49. The standard InChI is InChI=1S/C18H35N5O4.HI/c1-8-9-19-16(20-10-15(24)22(5)6)21-13-11-23(12-14(13)26-7)17(25)27-18(2,3)4;/h13-14H,8-12H2,1-7H3,(H2,19,20,21);1H/t13?,14-;/m0./s1. The number of hydrogen-bond donors (Lipinski definition) is 2. The Morgan fingerprint density at radius 1 is 1.25 bits per heavy atom. The van der Waals surface area contributed by atoms with Crippen LogP contribution in [-0.2, 0) is 14.3 Å². The summed E-state index contributed by atoms with van der Waals surface area (Å²) in [5, 5.41) is 6.48. The van der Waals surface area contributed by atoms with E-state index in [1.165, 1.54) is 4.90 Å². The predicted octanol–water partition coefficient (Wildman–Crippen LogP) is 1.27. The van der Waals surface area contributed by atoms with Crippen LogP contribution in [0.4, 0.5) is 4.79 Å². The molecule has 0 spiro atoms. The molecule has 1 rings (SSSR count). The molecule has 1 unspecified atom stereocenters. The lowest BCUT2D eigenvalue weighted by molar-refractivity contribution is -0.127. The minimum atomic E-state index is -0.549. The third kappa shape index (κ3) is 9.26. The van der Waals surface area contributed by atoms with Crippen molar-refractivity contribution in [2.45, 2.75) is 51.9 Å². The summed E-state index contributed by atoms with van der Waals surface area (Å²) in [4.78, 5) is 31.6. The van der Waals surface area contributed by atoms with Crippen molar-refractivity contribution in [3.8, 4) is 0 Å². The number of carbonyl (C=O) groups excluding carboxylic acids is 2. The Morgan fingerprint density at radius 3 is 2.39 bits per heavy atom. The molecule has 28 heavy (non-hydrogen) atoms. The highest BCUT2D eigenvalue weighted by atomic mass is 127. The van der Waals surface area contributed by atoms with Crippen molar-refractivity contribution in [2.75, 3.05) is 47.4 Å². The van der Waals surface area contributed by atoms with Gasteiger partial charge in [-0.05, 0) is 27.2 Å². The molecule has 0 aliphatic carbocycles. The average molecular weight is 513 g/mol. The third-order valence-electron chi connectivity index (χ3n) is 3.96. The molecule has 1 heterocycles. The monoisotopic (exact) mass is 513 g/mol. The fraction of sp³-hybridized carbons (Fsp3) is 0.833. The highest BCUT2D eigenvalue weighted by molar-refractivity contribution is 14.0. The molecular weight excluding hydrogens is 477 g/mol. The second-order valence-corrected chi connectivity index (χ2v) is 7.79. The topological polar surface area (TPSA) is 95.5 Å². The first-order valence-electron chi connectivity index (χ1n) is 9.33. The zero-order valence-electron chi connectivity index (χ0n) is 18.1. The van der Waals surface area contributed by atoms with E-state index >= 15 is 0 Å². The number of carbonyl (C=O) groups is 2. The number of rotatable bonds is 6. The Kier molecular flexibility index (Phi) is 11.7. The number of nitrogens with zero attached hydrogens (tertiary/aromatic N) is 3. The molecule has 0 saturated carbocycles. The van der Waals surface area contributed by atoms with E-state index in [0.717, 1.165) is 13.0 Å². The number of halogens is 1. The molecule has 2 N–H and O–H groups in total. The van der Waals surface area contributed by atoms with Crippen molar-refractivity contribution in [3.63, 3.8) is 0 Å². The van der Waals surface area contributed by atoms with E-state index in [1.54, 1.807) is 26.1 Å². The van der Waals surface area contributed by atoms with Gasteiger partial charge in [-0.25, -0.2) is 9.79 Å². The Bertz CT molecular complexity index is 537. The second-order valence-electron chi connectivity index (χ2n) is 7.79. The first-order valence-corrected chi connectivity index (χ1v) is 9.33. The Morgan fingerprint density at radius 2 is 1.89 bits per heavy atom. The molecule has 0 aromatic rings. The Balaban J connectivity index is 0.00000729. The highest BCUT2D eigenvalue weighted by Crippen LogP contribution is 2.17. The lowest BCUT2D eigenvalue weighted by Gasteiger charge is -2.24. The van der Waals surface area contributed by atoms with Crippen LogP contribution < -0.4 is 10.6 Å². The van der Waals surface area contributed by atoms with Crippen LogP contribution in [0.1, 0.15) is 34.1 Å². The van der Waals surface area contributed by atoms with Crippen LogP contribution in [-0.4, -0.2) is 92.9 Å². The molecule has 1 aliphatic rings. The van der Waals surface area contributed by atoms with E-state index in [-0.39, 0.29) is 54.7 Å². The maximum absolute atomic E-state index is 12.3. The number of guanidine groups is 1. The van der Waals surface area contributed by atoms with E-state index in [9.17, 15) is 9.59 Å². The molecule has 2 atom stereocenters. The number of likely N-dealkylation sites (tertiary alicyclic amines) is 1. The minimum Gasteiger partial charge on any atom is -0.444 e. The van der Waals surface area contributed by atoms with E-state index in [4.69, 9.17) is 9.47 Å². The lowest BCUT2D eigenvalue weighted by atomic mass is 10.2. The normalized spacial score (nSPS) is 19.7. The van der Waals surface area contributed by atoms with Crippen LogP contribution in [0.25, 0.3) is 0 Å². The summed E-state index contributed by atoms with van der Waals surface area (Å²) in [6.07, 6.45) is 0.359. The quantitative estimate of drug-likeness (QED) is 0.316. The smallest absolute Gasteiger partial charge is 0.410 e. The van der Waals surface area contributed by atoms with Crippen LogP contribution in [0.3, 0.4) is 0 Å².